The Morgan fingerprint density at radius 3 is 2.16 bits per heavy atom. The number of hydrogen-bond donors (Lipinski definition) is 2. The van der Waals surface area contributed by atoms with Gasteiger partial charge in [-0.05, 0) is 30.5 Å². The molecule has 0 bridgehead atoms. The molecule has 2 N–H and O–H groups in total. The molecule has 1 aromatic rings. The number of carboxylic acid groups (broad SMARTS) is 1. The number of benzene rings is 1. The van der Waals surface area contributed by atoms with Crippen molar-refractivity contribution >= 4 is 11.9 Å². The first-order chi connectivity index (χ1) is 8.82. The largest absolute Gasteiger partial charge is 0.480 e. The van der Waals surface area contributed by atoms with E-state index in [1.165, 1.54) is 0 Å². The maximum absolute atomic E-state index is 11.6. The molecule has 0 aliphatic carbocycles. The van der Waals surface area contributed by atoms with Crippen LogP contribution < -0.4 is 5.32 Å². The number of carbonyl (C=O) groups is 2. The minimum Gasteiger partial charge on any atom is -0.480 e. The number of amides is 1. The summed E-state index contributed by atoms with van der Waals surface area (Å²) in [6, 6.07) is 4.96. The van der Waals surface area contributed by atoms with Crippen molar-refractivity contribution in [3.05, 3.63) is 34.9 Å². The van der Waals surface area contributed by atoms with Crippen molar-refractivity contribution in [2.75, 3.05) is 0 Å². The number of aryl methyl sites for hydroxylation is 2. The predicted molar refractivity (Wildman–Crippen MR) is 74.0 cm³/mol. The molecule has 0 aromatic heterocycles. The maximum atomic E-state index is 11.6. The summed E-state index contributed by atoms with van der Waals surface area (Å²) in [5.74, 6) is -1.46. The van der Waals surface area contributed by atoms with Gasteiger partial charge in [0.15, 0.2) is 0 Å². The first kappa shape index (κ1) is 15.2. The normalized spacial score (nSPS) is 12.3. The first-order valence-corrected chi connectivity index (χ1v) is 6.41. The smallest absolute Gasteiger partial charge is 0.326 e. The number of nitrogens with one attached hydrogen (secondary N) is 1. The molecule has 0 aliphatic rings. The lowest BCUT2D eigenvalue weighted by molar-refractivity contribution is -0.142. The monoisotopic (exact) mass is 263 g/mol. The van der Waals surface area contributed by atoms with Crippen molar-refractivity contribution in [3.8, 4) is 0 Å². The summed E-state index contributed by atoms with van der Waals surface area (Å²) in [5, 5.41) is 11.8. The van der Waals surface area contributed by atoms with Crippen LogP contribution >= 0.6 is 0 Å². The van der Waals surface area contributed by atoms with Crippen LogP contribution in [-0.4, -0.2) is 23.0 Å². The van der Waals surface area contributed by atoms with Crippen LogP contribution in [0.25, 0.3) is 0 Å². The Labute approximate surface area is 113 Å². The van der Waals surface area contributed by atoms with Gasteiger partial charge in [-0.15, -0.1) is 0 Å². The van der Waals surface area contributed by atoms with Crippen LogP contribution in [0.4, 0.5) is 0 Å². The third-order valence-electron chi connectivity index (χ3n) is 3.19. The summed E-state index contributed by atoms with van der Waals surface area (Å²) in [7, 11) is 0. The second-order valence-electron chi connectivity index (χ2n) is 5.13. The highest BCUT2D eigenvalue weighted by molar-refractivity contribution is 5.84. The van der Waals surface area contributed by atoms with Crippen molar-refractivity contribution in [1.29, 1.82) is 0 Å². The SMILES string of the molecule is Cc1cccc(C)c1C[C@@H](NC(=O)C(C)C)C(=O)O. The van der Waals surface area contributed by atoms with E-state index in [0.29, 0.717) is 6.42 Å². The van der Waals surface area contributed by atoms with Crippen LogP contribution in [0.1, 0.15) is 30.5 Å². The highest BCUT2D eigenvalue weighted by atomic mass is 16.4. The molecule has 1 aromatic carbocycles. The fourth-order valence-electron chi connectivity index (χ4n) is 1.91. The van der Waals surface area contributed by atoms with Crippen molar-refractivity contribution in [3.63, 3.8) is 0 Å². The van der Waals surface area contributed by atoms with Gasteiger partial charge in [-0.1, -0.05) is 32.0 Å². The highest BCUT2D eigenvalue weighted by Crippen LogP contribution is 2.15. The number of aliphatic carboxylic acids is 1. The molecule has 0 unspecified atom stereocenters. The van der Waals surface area contributed by atoms with Crippen LogP contribution in [0.5, 0.6) is 0 Å². The van der Waals surface area contributed by atoms with Gasteiger partial charge >= 0.3 is 5.97 Å². The Morgan fingerprint density at radius 2 is 1.74 bits per heavy atom. The van der Waals surface area contributed by atoms with Crippen molar-refractivity contribution < 1.29 is 14.7 Å². The maximum Gasteiger partial charge on any atom is 0.326 e. The standard InChI is InChI=1S/C15H21NO3/c1-9(2)14(17)16-13(15(18)19)8-12-10(3)6-5-7-11(12)4/h5-7,9,13H,8H2,1-4H3,(H,16,17)(H,18,19)/t13-/m1/s1. The van der Waals surface area contributed by atoms with Gasteiger partial charge in [0.1, 0.15) is 6.04 Å². The summed E-state index contributed by atoms with van der Waals surface area (Å²) in [5.41, 5.74) is 3.08. The molecule has 0 fully saturated rings. The molecule has 0 aliphatic heterocycles. The Kier molecular flexibility index (Phi) is 5.10. The van der Waals surface area contributed by atoms with Crippen molar-refractivity contribution in [2.24, 2.45) is 5.92 Å². The van der Waals surface area contributed by atoms with Crippen LogP contribution in [0.3, 0.4) is 0 Å². The van der Waals surface area contributed by atoms with Gasteiger partial charge in [-0.25, -0.2) is 4.79 Å². The minimum atomic E-state index is -1.00. The molecule has 0 heterocycles. The van der Waals surface area contributed by atoms with E-state index in [9.17, 15) is 14.7 Å². The van der Waals surface area contributed by atoms with E-state index >= 15 is 0 Å². The Hall–Kier alpha value is -1.84. The van der Waals surface area contributed by atoms with E-state index < -0.39 is 12.0 Å². The fourth-order valence-corrected chi connectivity index (χ4v) is 1.91. The minimum absolute atomic E-state index is 0.222. The molecule has 0 saturated heterocycles. The Bertz CT molecular complexity index is 460. The average molecular weight is 263 g/mol. The molecule has 1 rings (SSSR count). The van der Waals surface area contributed by atoms with Crippen LogP contribution in [-0.2, 0) is 16.0 Å². The first-order valence-electron chi connectivity index (χ1n) is 6.41. The Morgan fingerprint density at radius 1 is 1.21 bits per heavy atom. The average Bonchev–Trinajstić information content (AvgIpc) is 2.31. The molecule has 4 nitrogen and oxygen atoms in total. The number of rotatable bonds is 5. The summed E-state index contributed by atoms with van der Waals surface area (Å²) >= 11 is 0. The van der Waals surface area contributed by atoms with E-state index in [1.54, 1.807) is 13.8 Å². The zero-order chi connectivity index (χ0) is 14.6. The molecule has 19 heavy (non-hydrogen) atoms. The van der Waals surface area contributed by atoms with Crippen molar-refractivity contribution in [2.45, 2.75) is 40.2 Å². The molecule has 4 heteroatoms. The van der Waals surface area contributed by atoms with Gasteiger partial charge in [0.2, 0.25) is 5.91 Å². The second kappa shape index (κ2) is 6.36. The fraction of sp³-hybridized carbons (Fsp3) is 0.467. The number of carboxylic acids is 1. The Balaban J connectivity index is 2.91. The molecule has 1 atom stereocenters. The molecule has 1 amide bonds. The molecular weight excluding hydrogens is 242 g/mol. The van der Waals surface area contributed by atoms with Crippen LogP contribution in [0.2, 0.25) is 0 Å². The van der Waals surface area contributed by atoms with Gasteiger partial charge in [0, 0.05) is 12.3 Å². The molecule has 104 valence electrons. The third-order valence-corrected chi connectivity index (χ3v) is 3.19. The van der Waals surface area contributed by atoms with E-state index in [-0.39, 0.29) is 11.8 Å². The summed E-state index contributed by atoms with van der Waals surface area (Å²) in [6.45, 7) is 7.39. The van der Waals surface area contributed by atoms with E-state index in [1.807, 2.05) is 32.0 Å². The lowest BCUT2D eigenvalue weighted by atomic mass is 9.96. The lowest BCUT2D eigenvalue weighted by Crippen LogP contribution is -2.44. The molecular formula is C15H21NO3. The number of hydrogen-bond acceptors (Lipinski definition) is 2. The molecule has 0 spiro atoms. The van der Waals surface area contributed by atoms with Crippen LogP contribution in [0, 0.1) is 19.8 Å². The number of carbonyl (C=O) groups excluding carboxylic acids is 1. The third kappa shape index (κ3) is 4.09. The lowest BCUT2D eigenvalue weighted by Gasteiger charge is -2.18. The zero-order valence-electron chi connectivity index (χ0n) is 11.9. The van der Waals surface area contributed by atoms with E-state index in [4.69, 9.17) is 0 Å². The highest BCUT2D eigenvalue weighted by Gasteiger charge is 2.22. The van der Waals surface area contributed by atoms with Crippen molar-refractivity contribution in [1.82, 2.24) is 5.32 Å². The van der Waals surface area contributed by atoms with Crippen LogP contribution in [0.15, 0.2) is 18.2 Å². The predicted octanol–water partition coefficient (Wildman–Crippen LogP) is 2.07. The summed E-state index contributed by atoms with van der Waals surface area (Å²) in [4.78, 5) is 22.9. The topological polar surface area (TPSA) is 66.4 Å². The summed E-state index contributed by atoms with van der Waals surface area (Å²) < 4.78 is 0. The van der Waals surface area contributed by atoms with E-state index in [0.717, 1.165) is 16.7 Å². The van der Waals surface area contributed by atoms with Gasteiger partial charge < -0.3 is 10.4 Å². The van der Waals surface area contributed by atoms with Gasteiger partial charge in [0.25, 0.3) is 0 Å². The molecule has 0 saturated carbocycles. The van der Waals surface area contributed by atoms with Gasteiger partial charge in [0.05, 0.1) is 0 Å². The zero-order valence-corrected chi connectivity index (χ0v) is 11.9. The van der Waals surface area contributed by atoms with Gasteiger partial charge in [-0.3, -0.25) is 4.79 Å². The summed E-state index contributed by atoms with van der Waals surface area (Å²) in [6.07, 6.45) is 0.312. The second-order valence-corrected chi connectivity index (χ2v) is 5.13. The van der Waals surface area contributed by atoms with E-state index in [2.05, 4.69) is 5.32 Å². The quantitative estimate of drug-likeness (QED) is 0.854. The molecule has 0 radical (unpaired) electrons. The van der Waals surface area contributed by atoms with Gasteiger partial charge in [-0.2, -0.15) is 0 Å².